The summed E-state index contributed by atoms with van der Waals surface area (Å²) < 4.78 is 0. The van der Waals surface area contributed by atoms with Gasteiger partial charge >= 0.3 is 0 Å². The average Bonchev–Trinajstić information content (AvgIpc) is 2.39. The molecule has 0 spiro atoms. The van der Waals surface area contributed by atoms with Crippen molar-refractivity contribution in [2.24, 2.45) is 0 Å². The van der Waals surface area contributed by atoms with Crippen LogP contribution in [0.1, 0.15) is 12.0 Å². The molecule has 0 saturated heterocycles. The van der Waals surface area contributed by atoms with Crippen molar-refractivity contribution in [2.45, 2.75) is 12.8 Å². The number of carbonyl (C=O) groups is 2. The zero-order chi connectivity index (χ0) is 14.1. The van der Waals surface area contributed by atoms with Crippen LogP contribution in [0.2, 0.25) is 0 Å². The molecule has 0 radical (unpaired) electrons. The Hall–Kier alpha value is -1.72. The summed E-state index contributed by atoms with van der Waals surface area (Å²) in [6, 6.07) is 9.22. The van der Waals surface area contributed by atoms with Crippen LogP contribution in [0, 0.1) is 0 Å². The van der Waals surface area contributed by atoms with E-state index in [4.69, 9.17) is 10.2 Å². The highest BCUT2D eigenvalue weighted by molar-refractivity contribution is 5.98. The Morgan fingerprint density at radius 3 is 2.11 bits per heavy atom. The van der Waals surface area contributed by atoms with Crippen LogP contribution in [-0.2, 0) is 16.0 Å². The largest absolute Gasteiger partial charge is 0.395 e. The smallest absolute Gasteiger partial charge is 0.230 e. The van der Waals surface area contributed by atoms with Crippen LogP contribution in [-0.4, -0.2) is 53.1 Å². The molecule has 2 N–H and O–H groups in total. The number of hydrogen-bond donors (Lipinski definition) is 2. The molecule has 104 valence electrons. The maximum atomic E-state index is 11.8. The number of Topliss-reactive ketones (excluding diaryl/α,β-unsaturated/α-hetero) is 1. The normalized spacial score (nSPS) is 10.2. The highest BCUT2D eigenvalue weighted by Crippen LogP contribution is 2.03. The van der Waals surface area contributed by atoms with Crippen molar-refractivity contribution in [3.05, 3.63) is 35.9 Å². The lowest BCUT2D eigenvalue weighted by Gasteiger charge is -2.20. The Morgan fingerprint density at radius 1 is 1.00 bits per heavy atom. The van der Waals surface area contributed by atoms with E-state index in [2.05, 4.69) is 0 Å². The highest BCUT2D eigenvalue weighted by Gasteiger charge is 2.16. The summed E-state index contributed by atoms with van der Waals surface area (Å²) in [5, 5.41) is 17.6. The Labute approximate surface area is 112 Å². The van der Waals surface area contributed by atoms with Gasteiger partial charge in [-0.2, -0.15) is 0 Å². The number of nitrogens with zero attached hydrogens (tertiary/aromatic N) is 1. The third-order valence-electron chi connectivity index (χ3n) is 2.69. The number of hydrogen-bond acceptors (Lipinski definition) is 4. The molecule has 0 aliphatic rings. The summed E-state index contributed by atoms with van der Waals surface area (Å²) in [4.78, 5) is 24.9. The van der Waals surface area contributed by atoms with Crippen LogP contribution in [0.3, 0.4) is 0 Å². The van der Waals surface area contributed by atoms with Crippen LogP contribution in [0.5, 0.6) is 0 Å². The number of aliphatic hydroxyl groups excluding tert-OH is 2. The fourth-order valence-electron chi connectivity index (χ4n) is 1.77. The van der Waals surface area contributed by atoms with Gasteiger partial charge in [-0.15, -0.1) is 0 Å². The molecule has 0 aliphatic carbocycles. The summed E-state index contributed by atoms with van der Waals surface area (Å²) in [5.41, 5.74) is 0.871. The van der Waals surface area contributed by atoms with Crippen molar-refractivity contribution < 1.29 is 19.8 Å². The lowest BCUT2D eigenvalue weighted by Crippen LogP contribution is -2.37. The van der Waals surface area contributed by atoms with Gasteiger partial charge in [-0.3, -0.25) is 9.59 Å². The molecule has 0 aromatic heterocycles. The molecule has 1 amide bonds. The van der Waals surface area contributed by atoms with Crippen LogP contribution in [0.15, 0.2) is 30.3 Å². The Bertz CT molecular complexity index is 399. The molecule has 1 aromatic rings. The SMILES string of the molecule is O=C(CC(=O)N(CCO)CCO)Cc1ccccc1. The maximum Gasteiger partial charge on any atom is 0.230 e. The Kier molecular flexibility index (Phi) is 6.78. The van der Waals surface area contributed by atoms with E-state index in [1.807, 2.05) is 30.3 Å². The summed E-state index contributed by atoms with van der Waals surface area (Å²) in [6.07, 6.45) is 0.0214. The quantitative estimate of drug-likeness (QED) is 0.649. The van der Waals surface area contributed by atoms with E-state index in [9.17, 15) is 9.59 Å². The summed E-state index contributed by atoms with van der Waals surface area (Å²) in [6.45, 7) is -0.0900. The molecule has 0 unspecified atom stereocenters. The van der Waals surface area contributed by atoms with Crippen molar-refractivity contribution in [2.75, 3.05) is 26.3 Å². The van der Waals surface area contributed by atoms with E-state index in [0.717, 1.165) is 5.56 Å². The highest BCUT2D eigenvalue weighted by atomic mass is 16.3. The second-order valence-electron chi connectivity index (χ2n) is 4.21. The molecule has 0 heterocycles. The van der Waals surface area contributed by atoms with Gasteiger partial charge in [0.15, 0.2) is 0 Å². The minimum atomic E-state index is -0.357. The first-order valence-electron chi connectivity index (χ1n) is 6.22. The Balaban J connectivity index is 2.48. The van der Waals surface area contributed by atoms with Gasteiger partial charge in [-0.1, -0.05) is 30.3 Å². The van der Waals surface area contributed by atoms with Crippen molar-refractivity contribution in [3.63, 3.8) is 0 Å². The van der Waals surface area contributed by atoms with Crippen LogP contribution >= 0.6 is 0 Å². The van der Waals surface area contributed by atoms with Crippen molar-refractivity contribution in [3.8, 4) is 0 Å². The molecule has 0 saturated carbocycles. The molecule has 1 aromatic carbocycles. The molecular formula is C14H19NO4. The minimum Gasteiger partial charge on any atom is -0.395 e. The molecule has 1 rings (SSSR count). The summed E-state index contributed by atoms with van der Waals surface area (Å²) >= 11 is 0. The second kappa shape index (κ2) is 8.39. The van der Waals surface area contributed by atoms with Gasteiger partial charge in [-0.05, 0) is 5.56 Å². The zero-order valence-corrected chi connectivity index (χ0v) is 10.8. The van der Waals surface area contributed by atoms with Gasteiger partial charge in [0.05, 0.1) is 19.6 Å². The third kappa shape index (κ3) is 5.63. The van der Waals surface area contributed by atoms with Crippen LogP contribution < -0.4 is 0 Å². The van der Waals surface area contributed by atoms with Gasteiger partial charge in [0.2, 0.25) is 5.91 Å². The van der Waals surface area contributed by atoms with E-state index in [-0.39, 0.29) is 50.8 Å². The summed E-state index contributed by atoms with van der Waals surface area (Å²) in [7, 11) is 0. The van der Waals surface area contributed by atoms with E-state index >= 15 is 0 Å². The standard InChI is InChI=1S/C14H19NO4/c16-8-6-15(7-9-17)14(19)11-13(18)10-12-4-2-1-3-5-12/h1-5,16-17H,6-11H2. The van der Waals surface area contributed by atoms with E-state index in [0.29, 0.717) is 0 Å². The van der Waals surface area contributed by atoms with Gasteiger partial charge in [0.1, 0.15) is 5.78 Å². The number of aliphatic hydroxyl groups is 2. The van der Waals surface area contributed by atoms with E-state index < -0.39 is 0 Å². The van der Waals surface area contributed by atoms with E-state index in [1.54, 1.807) is 0 Å². The first kappa shape index (κ1) is 15.3. The predicted octanol–water partition coefficient (Wildman–Crippen LogP) is 0.00150. The zero-order valence-electron chi connectivity index (χ0n) is 10.8. The fraction of sp³-hybridized carbons (Fsp3) is 0.429. The first-order chi connectivity index (χ1) is 9.17. The maximum absolute atomic E-state index is 11.8. The lowest BCUT2D eigenvalue weighted by molar-refractivity contribution is -0.136. The van der Waals surface area contributed by atoms with Crippen molar-refractivity contribution in [1.82, 2.24) is 4.90 Å². The van der Waals surface area contributed by atoms with Crippen molar-refractivity contribution in [1.29, 1.82) is 0 Å². The summed E-state index contributed by atoms with van der Waals surface area (Å²) in [5.74, 6) is -0.527. The predicted molar refractivity (Wildman–Crippen MR) is 70.5 cm³/mol. The number of rotatable bonds is 8. The first-order valence-corrected chi connectivity index (χ1v) is 6.22. The van der Waals surface area contributed by atoms with Gasteiger partial charge in [0.25, 0.3) is 0 Å². The molecule has 5 nitrogen and oxygen atoms in total. The van der Waals surface area contributed by atoms with Gasteiger partial charge in [0, 0.05) is 19.5 Å². The lowest BCUT2D eigenvalue weighted by atomic mass is 10.1. The molecular weight excluding hydrogens is 246 g/mol. The van der Waals surface area contributed by atoms with Crippen molar-refractivity contribution >= 4 is 11.7 Å². The molecule has 0 aliphatic heterocycles. The number of carbonyl (C=O) groups excluding carboxylic acids is 2. The molecule has 19 heavy (non-hydrogen) atoms. The topological polar surface area (TPSA) is 77.8 Å². The fourth-order valence-corrected chi connectivity index (χ4v) is 1.77. The monoisotopic (exact) mass is 265 g/mol. The van der Waals surface area contributed by atoms with Crippen LogP contribution in [0.4, 0.5) is 0 Å². The third-order valence-corrected chi connectivity index (χ3v) is 2.69. The minimum absolute atomic E-state index is 0.137. The molecule has 0 fully saturated rings. The van der Waals surface area contributed by atoms with Gasteiger partial charge in [-0.25, -0.2) is 0 Å². The Morgan fingerprint density at radius 2 is 1.58 bits per heavy atom. The average molecular weight is 265 g/mol. The number of benzene rings is 1. The molecule has 5 heteroatoms. The van der Waals surface area contributed by atoms with Gasteiger partial charge < -0.3 is 15.1 Å². The molecule has 0 bridgehead atoms. The number of amides is 1. The van der Waals surface area contributed by atoms with Crippen LogP contribution in [0.25, 0.3) is 0 Å². The molecule has 0 atom stereocenters. The second-order valence-corrected chi connectivity index (χ2v) is 4.21. The number of ketones is 1. The van der Waals surface area contributed by atoms with E-state index in [1.165, 1.54) is 4.90 Å².